The molecule has 112 valence electrons. The number of thioether (sulfide) groups is 1. The Morgan fingerprint density at radius 3 is 2.48 bits per heavy atom. The molecule has 0 saturated carbocycles. The first kappa shape index (κ1) is 15.4. The van der Waals surface area contributed by atoms with Crippen LogP contribution in [0.4, 0.5) is 0 Å². The quantitative estimate of drug-likeness (QED) is 0.711. The highest BCUT2D eigenvalue weighted by molar-refractivity contribution is 8.01. The van der Waals surface area contributed by atoms with E-state index in [2.05, 4.69) is 10.2 Å². The lowest BCUT2D eigenvalue weighted by Gasteiger charge is -2.47. The van der Waals surface area contributed by atoms with Gasteiger partial charge in [0.15, 0.2) is 0 Å². The summed E-state index contributed by atoms with van der Waals surface area (Å²) >= 11 is 1.48. The summed E-state index contributed by atoms with van der Waals surface area (Å²) < 4.78 is -0.518. The van der Waals surface area contributed by atoms with Gasteiger partial charge in [-0.05, 0) is 26.8 Å². The van der Waals surface area contributed by atoms with Crippen LogP contribution in [0.5, 0.6) is 0 Å². The van der Waals surface area contributed by atoms with Crippen molar-refractivity contribution in [3.8, 4) is 0 Å². The Morgan fingerprint density at radius 2 is 2.05 bits per heavy atom. The number of hydrogen-bond donors (Lipinski definition) is 1. The molecule has 3 aliphatic rings. The summed E-state index contributed by atoms with van der Waals surface area (Å²) in [4.78, 5) is 41.3. The molecule has 0 radical (unpaired) electrons. The van der Waals surface area contributed by atoms with Gasteiger partial charge in [-0.3, -0.25) is 4.79 Å². The van der Waals surface area contributed by atoms with Crippen LogP contribution in [0.1, 0.15) is 20.8 Å². The topological polar surface area (TPSA) is 116 Å². The van der Waals surface area contributed by atoms with Crippen molar-refractivity contribution in [1.82, 2.24) is 4.90 Å². The van der Waals surface area contributed by atoms with Gasteiger partial charge >= 0.3 is 12.1 Å². The van der Waals surface area contributed by atoms with E-state index in [4.69, 9.17) is 9.59 Å². The third-order valence-corrected chi connectivity index (χ3v) is 5.23. The summed E-state index contributed by atoms with van der Waals surface area (Å²) in [6.45, 7) is 5.48. The van der Waals surface area contributed by atoms with Gasteiger partial charge in [0, 0.05) is 4.75 Å². The van der Waals surface area contributed by atoms with Gasteiger partial charge in [-0.1, -0.05) is 0 Å². The Morgan fingerprint density at radius 1 is 1.48 bits per heavy atom. The fourth-order valence-corrected chi connectivity index (χ4v) is 4.48. The third kappa shape index (κ3) is 2.00. The molecule has 1 unspecified atom stereocenters. The minimum absolute atomic E-state index is 0.248. The van der Waals surface area contributed by atoms with Crippen LogP contribution in [0.3, 0.4) is 0 Å². The van der Waals surface area contributed by atoms with Crippen LogP contribution in [0.25, 0.3) is 0 Å². The summed E-state index contributed by atoms with van der Waals surface area (Å²) in [6.07, 6.45) is 1.99. The second kappa shape index (κ2) is 4.78. The van der Waals surface area contributed by atoms with Crippen LogP contribution in [-0.2, 0) is 19.2 Å². The SMILES string of the molecule is CC1=CC2(N=N1)C(=O)N1[C@@H](C(=O)O)C(C)(C)S[C@@H]12.O=C=O. The molecule has 3 aliphatic heterocycles. The monoisotopic (exact) mass is 311 g/mol. The molecular weight excluding hydrogens is 298 g/mol. The Hall–Kier alpha value is -1.99. The molecule has 3 heterocycles. The zero-order valence-corrected chi connectivity index (χ0v) is 12.4. The summed E-state index contributed by atoms with van der Waals surface area (Å²) in [5.74, 6) is -1.22. The van der Waals surface area contributed by atoms with E-state index < -0.39 is 22.3 Å². The Bertz CT molecular complexity index is 608. The molecular formula is C12H13N3O5S. The van der Waals surface area contributed by atoms with Gasteiger partial charge in [0.1, 0.15) is 11.4 Å². The zero-order chi connectivity index (χ0) is 16.0. The lowest BCUT2D eigenvalue weighted by molar-refractivity contribution is -0.191. The number of rotatable bonds is 1. The molecule has 1 spiro atoms. The highest BCUT2D eigenvalue weighted by Gasteiger charge is 2.72. The minimum atomic E-state index is -0.964. The average molecular weight is 311 g/mol. The lowest BCUT2D eigenvalue weighted by Crippen LogP contribution is -2.71. The highest BCUT2D eigenvalue weighted by atomic mass is 32.2. The smallest absolute Gasteiger partial charge is 0.373 e. The zero-order valence-electron chi connectivity index (χ0n) is 11.6. The van der Waals surface area contributed by atoms with Crippen molar-refractivity contribution in [1.29, 1.82) is 0 Å². The van der Waals surface area contributed by atoms with Crippen LogP contribution in [0.2, 0.25) is 0 Å². The van der Waals surface area contributed by atoms with Gasteiger partial charge in [0.2, 0.25) is 5.54 Å². The van der Waals surface area contributed by atoms with Gasteiger partial charge in [-0.15, -0.1) is 11.8 Å². The number of aliphatic carboxylic acids is 1. The minimum Gasteiger partial charge on any atom is -0.480 e. The predicted molar refractivity (Wildman–Crippen MR) is 70.1 cm³/mol. The molecule has 21 heavy (non-hydrogen) atoms. The van der Waals surface area contributed by atoms with Crippen LogP contribution < -0.4 is 0 Å². The van der Waals surface area contributed by atoms with E-state index in [9.17, 15) is 14.7 Å². The predicted octanol–water partition coefficient (Wildman–Crippen LogP) is 0.658. The van der Waals surface area contributed by atoms with E-state index >= 15 is 0 Å². The largest absolute Gasteiger partial charge is 0.480 e. The van der Waals surface area contributed by atoms with Crippen molar-refractivity contribution in [2.24, 2.45) is 10.2 Å². The summed E-state index contributed by atoms with van der Waals surface area (Å²) in [6, 6.07) is -0.796. The Balaban J connectivity index is 0.000000497. The van der Waals surface area contributed by atoms with Gasteiger partial charge in [0.05, 0.1) is 5.70 Å². The number of amides is 1. The molecule has 0 aromatic heterocycles. The standard InChI is InChI=1S/C11H13N3O3S.CO2/c1-5-4-11(13-12-5)8(17)14-6(7(15)16)10(2,3)18-9(11)14;2-1-3/h4,6,9H,1-3H3,(H,15,16);/t6-,9+,11?;/m0./s1. The van der Waals surface area contributed by atoms with Gasteiger partial charge in [-0.25, -0.2) is 4.79 Å². The summed E-state index contributed by atoms with van der Waals surface area (Å²) in [5, 5.41) is 17.0. The number of carboxylic acids is 1. The fraction of sp³-hybridized carbons (Fsp3) is 0.583. The second-order valence-electron chi connectivity index (χ2n) is 5.42. The van der Waals surface area contributed by atoms with Crippen molar-refractivity contribution < 1.29 is 24.3 Å². The summed E-state index contributed by atoms with van der Waals surface area (Å²) in [7, 11) is 0. The number of carboxylic acid groups (broad SMARTS) is 1. The number of allylic oxidation sites excluding steroid dienone is 1. The van der Waals surface area contributed by atoms with Crippen molar-refractivity contribution in [2.45, 2.75) is 42.5 Å². The first-order valence-corrected chi connectivity index (χ1v) is 6.94. The number of hydrogen-bond acceptors (Lipinski definition) is 7. The van der Waals surface area contributed by atoms with Crippen LogP contribution in [0, 0.1) is 0 Å². The number of β-lactam (4-membered cyclic amide) rings is 1. The van der Waals surface area contributed by atoms with Gasteiger partial charge in [0.25, 0.3) is 5.91 Å². The molecule has 0 aromatic rings. The van der Waals surface area contributed by atoms with Crippen LogP contribution in [-0.4, -0.2) is 49.7 Å². The molecule has 3 rings (SSSR count). The molecule has 1 amide bonds. The molecule has 0 bridgehead atoms. The number of carbonyl (C=O) groups excluding carboxylic acids is 3. The van der Waals surface area contributed by atoms with Crippen molar-refractivity contribution in [2.75, 3.05) is 0 Å². The lowest BCUT2D eigenvalue weighted by atomic mass is 9.85. The first-order chi connectivity index (χ1) is 9.71. The molecule has 9 heteroatoms. The fourth-order valence-electron chi connectivity index (χ4n) is 2.83. The van der Waals surface area contributed by atoms with Gasteiger partial charge < -0.3 is 10.0 Å². The van der Waals surface area contributed by atoms with E-state index in [0.717, 1.165) is 0 Å². The molecule has 1 N–H and O–H groups in total. The molecule has 2 saturated heterocycles. The Kier molecular flexibility index (Phi) is 3.51. The molecule has 2 fully saturated rings. The maximum absolute atomic E-state index is 12.3. The van der Waals surface area contributed by atoms with Crippen LogP contribution in [0.15, 0.2) is 22.0 Å². The number of fused-ring (bicyclic) bond motifs is 2. The van der Waals surface area contributed by atoms with Crippen LogP contribution >= 0.6 is 11.8 Å². The number of azo groups is 1. The number of carbonyl (C=O) groups is 2. The second-order valence-corrected chi connectivity index (χ2v) is 7.16. The van der Waals surface area contributed by atoms with E-state index in [1.54, 1.807) is 13.0 Å². The van der Waals surface area contributed by atoms with E-state index in [1.807, 2.05) is 13.8 Å². The molecule has 3 atom stereocenters. The van der Waals surface area contributed by atoms with Gasteiger partial charge in [-0.2, -0.15) is 19.8 Å². The number of nitrogens with zero attached hydrogens (tertiary/aromatic N) is 3. The van der Waals surface area contributed by atoms with E-state index in [0.29, 0.717) is 5.70 Å². The van der Waals surface area contributed by atoms with E-state index in [1.165, 1.54) is 16.7 Å². The van der Waals surface area contributed by atoms with E-state index in [-0.39, 0.29) is 17.4 Å². The third-order valence-electron chi connectivity index (χ3n) is 3.59. The average Bonchev–Trinajstić information content (AvgIpc) is 2.88. The van der Waals surface area contributed by atoms with Crippen molar-refractivity contribution in [3.63, 3.8) is 0 Å². The summed E-state index contributed by atoms with van der Waals surface area (Å²) in [5.41, 5.74) is -0.240. The van der Waals surface area contributed by atoms with Crippen molar-refractivity contribution >= 4 is 29.8 Å². The molecule has 0 aromatic carbocycles. The highest BCUT2D eigenvalue weighted by Crippen LogP contribution is 2.57. The molecule has 8 nitrogen and oxygen atoms in total. The Labute approximate surface area is 124 Å². The van der Waals surface area contributed by atoms with Crippen molar-refractivity contribution in [3.05, 3.63) is 11.8 Å². The maximum atomic E-state index is 12.3. The first-order valence-electron chi connectivity index (χ1n) is 6.06. The molecule has 0 aliphatic carbocycles. The normalized spacial score (nSPS) is 34.5. The maximum Gasteiger partial charge on any atom is 0.373 e.